The fourth-order valence-corrected chi connectivity index (χ4v) is 11.9. The van der Waals surface area contributed by atoms with Gasteiger partial charge in [-0.25, -0.2) is 0 Å². The molecule has 2 saturated heterocycles. The zero-order chi connectivity index (χ0) is 30.3. The van der Waals surface area contributed by atoms with Crippen LogP contribution in [0.15, 0.2) is 29.7 Å². The zero-order valence-electron chi connectivity index (χ0n) is 24.6. The molecule has 8 fully saturated rings. The van der Waals surface area contributed by atoms with Crippen LogP contribution in [0.1, 0.15) is 74.9 Å². The first kappa shape index (κ1) is 28.1. The van der Waals surface area contributed by atoms with Gasteiger partial charge < -0.3 is 25.0 Å². The van der Waals surface area contributed by atoms with Crippen LogP contribution in [0.2, 0.25) is 0 Å². The van der Waals surface area contributed by atoms with Crippen LogP contribution in [-0.4, -0.2) is 63.8 Å². The number of carbonyl (C=O) groups excluding carboxylic acids is 4. The van der Waals surface area contributed by atoms with Crippen molar-refractivity contribution in [3.63, 3.8) is 0 Å². The van der Waals surface area contributed by atoms with E-state index in [9.17, 15) is 29.4 Å². The molecule has 1 aromatic rings. The van der Waals surface area contributed by atoms with Crippen molar-refractivity contribution in [1.82, 2.24) is 5.32 Å². The van der Waals surface area contributed by atoms with Gasteiger partial charge in [0.2, 0.25) is 5.79 Å². The number of Topliss-reactive ketones (excluding diaryl/α,β-unsaturated/α-hetero) is 2. The van der Waals surface area contributed by atoms with Gasteiger partial charge in [-0.05, 0) is 79.2 Å². The molecule has 2 bridgehead atoms. The molecular weight excluding hydrogens is 570 g/mol. The maximum Gasteiger partial charge on any atom is 0.310 e. The normalized spacial score (nSPS) is 48.7. The molecule has 9 rings (SSSR count). The summed E-state index contributed by atoms with van der Waals surface area (Å²) in [6.07, 6.45) is 3.05. The molecule has 9 nitrogen and oxygen atoms in total. The SMILES string of the molecule is C=C1C2CCC3C45COC(O)(C(O)C4C(C)(C)CCC5=O)C34C(=O)C1(OC(=O)C1CCC(NC(=O)c3cccs3)CC1)C24. The first-order chi connectivity index (χ1) is 20.4. The quantitative estimate of drug-likeness (QED) is 0.350. The predicted molar refractivity (Wildman–Crippen MR) is 153 cm³/mol. The molecule has 2 spiro atoms. The van der Waals surface area contributed by atoms with E-state index in [2.05, 4.69) is 11.9 Å². The fraction of sp³-hybridized carbons (Fsp3) is 0.697. The summed E-state index contributed by atoms with van der Waals surface area (Å²) in [4.78, 5) is 55.3. The minimum absolute atomic E-state index is 0.00354. The van der Waals surface area contributed by atoms with Crippen LogP contribution in [0.5, 0.6) is 0 Å². The van der Waals surface area contributed by atoms with E-state index in [0.717, 1.165) is 0 Å². The van der Waals surface area contributed by atoms with E-state index >= 15 is 0 Å². The van der Waals surface area contributed by atoms with Gasteiger partial charge in [-0.2, -0.15) is 0 Å². The summed E-state index contributed by atoms with van der Waals surface area (Å²) >= 11 is 1.38. The fourth-order valence-electron chi connectivity index (χ4n) is 11.3. The summed E-state index contributed by atoms with van der Waals surface area (Å²) in [6.45, 7) is 8.26. The Morgan fingerprint density at radius 2 is 1.86 bits per heavy atom. The number of ketones is 2. The summed E-state index contributed by atoms with van der Waals surface area (Å²) in [5, 5.41) is 29.0. The lowest BCUT2D eigenvalue weighted by Gasteiger charge is -2.84. The van der Waals surface area contributed by atoms with Crippen LogP contribution >= 0.6 is 11.3 Å². The van der Waals surface area contributed by atoms with Crippen molar-refractivity contribution < 1.29 is 38.9 Å². The first-order valence-corrected chi connectivity index (χ1v) is 16.6. The largest absolute Gasteiger partial charge is 0.446 e. The van der Waals surface area contributed by atoms with Crippen molar-refractivity contribution >= 4 is 34.8 Å². The van der Waals surface area contributed by atoms with Crippen LogP contribution in [0.3, 0.4) is 0 Å². The van der Waals surface area contributed by atoms with Gasteiger partial charge in [0, 0.05) is 24.3 Å². The van der Waals surface area contributed by atoms with Gasteiger partial charge in [-0.15, -0.1) is 11.3 Å². The molecule has 10 heteroatoms. The Morgan fingerprint density at radius 1 is 1.12 bits per heavy atom. The van der Waals surface area contributed by atoms with E-state index in [-0.39, 0.29) is 30.3 Å². The third-order valence-corrected chi connectivity index (χ3v) is 13.9. The molecule has 3 heterocycles. The summed E-state index contributed by atoms with van der Waals surface area (Å²) in [7, 11) is 0. The maximum atomic E-state index is 14.7. The monoisotopic (exact) mass is 609 g/mol. The lowest BCUT2D eigenvalue weighted by Crippen LogP contribution is -2.97. The van der Waals surface area contributed by atoms with Crippen LogP contribution in [0.4, 0.5) is 0 Å². The molecule has 43 heavy (non-hydrogen) atoms. The van der Waals surface area contributed by atoms with Crippen molar-refractivity contribution in [2.24, 2.45) is 45.8 Å². The van der Waals surface area contributed by atoms with Gasteiger partial charge in [0.05, 0.1) is 22.8 Å². The number of aliphatic hydroxyl groups excluding tert-OH is 1. The smallest absolute Gasteiger partial charge is 0.310 e. The summed E-state index contributed by atoms with van der Waals surface area (Å²) in [6, 6.07) is 3.58. The third kappa shape index (κ3) is 3.00. The lowest BCUT2D eigenvalue weighted by atomic mass is 9.21. The topological polar surface area (TPSA) is 139 Å². The van der Waals surface area contributed by atoms with E-state index in [4.69, 9.17) is 9.47 Å². The minimum atomic E-state index is -2.16. The average Bonchev–Trinajstić information content (AvgIpc) is 3.53. The number of esters is 1. The second kappa shape index (κ2) is 8.65. The molecule has 1 aromatic heterocycles. The number of amides is 1. The van der Waals surface area contributed by atoms with Crippen molar-refractivity contribution in [2.75, 3.05) is 6.61 Å². The zero-order valence-corrected chi connectivity index (χ0v) is 25.4. The highest BCUT2D eigenvalue weighted by molar-refractivity contribution is 7.12. The van der Waals surface area contributed by atoms with E-state index in [0.29, 0.717) is 61.8 Å². The second-order valence-corrected chi connectivity index (χ2v) is 15.9. The Labute approximate surface area is 254 Å². The van der Waals surface area contributed by atoms with Gasteiger partial charge in [0.1, 0.15) is 17.3 Å². The number of nitrogens with one attached hydrogen (secondary N) is 1. The lowest BCUT2D eigenvalue weighted by molar-refractivity contribution is -0.465. The van der Waals surface area contributed by atoms with Gasteiger partial charge in [0.15, 0.2) is 11.4 Å². The number of fused-ring (bicyclic) bond motifs is 1. The number of thiophene rings is 1. The Morgan fingerprint density at radius 3 is 2.56 bits per heavy atom. The first-order valence-electron chi connectivity index (χ1n) is 15.8. The standard InChI is InChI=1S/C33H39NO8S/c1-16-19-10-11-21-30-15-41-33(40,25(36)24(30)29(2,3)13-12-22(30)35)31(21)23(19)32(16,28(31)39)42-27(38)17-6-8-18(9-7-17)34-26(37)20-5-4-14-43-20/h4-5,14,17-19,21,23-25,36,40H,1,6-13,15H2,2-3H3,(H,34,37). The van der Waals surface area contributed by atoms with Crippen LogP contribution in [-0.2, 0) is 23.9 Å². The summed E-state index contributed by atoms with van der Waals surface area (Å²) in [5.74, 6) is -5.38. The Hall–Kier alpha value is -2.40. The van der Waals surface area contributed by atoms with Crippen molar-refractivity contribution in [1.29, 1.82) is 0 Å². The van der Waals surface area contributed by atoms with Gasteiger partial charge in [0.25, 0.3) is 5.91 Å². The van der Waals surface area contributed by atoms with Crippen LogP contribution in [0, 0.1) is 45.8 Å². The highest BCUT2D eigenvalue weighted by atomic mass is 32.1. The summed E-state index contributed by atoms with van der Waals surface area (Å²) < 4.78 is 12.2. The number of ether oxygens (including phenoxy) is 2. The number of aliphatic hydroxyl groups is 2. The number of hydrogen-bond acceptors (Lipinski definition) is 9. The Bertz CT molecular complexity index is 1460. The molecule has 6 aliphatic carbocycles. The van der Waals surface area contributed by atoms with Crippen LogP contribution in [0.25, 0.3) is 0 Å². The molecule has 8 aliphatic rings. The number of hydrogen-bond donors (Lipinski definition) is 3. The molecule has 9 unspecified atom stereocenters. The summed E-state index contributed by atoms with van der Waals surface area (Å²) in [5.41, 5.74) is -4.00. The number of carbonyl (C=O) groups is 4. The highest BCUT2D eigenvalue weighted by Crippen LogP contribution is 2.85. The molecular formula is C33H39NO8S. The molecule has 9 atom stereocenters. The maximum absolute atomic E-state index is 14.7. The third-order valence-electron chi connectivity index (χ3n) is 13.1. The molecule has 0 aromatic carbocycles. The van der Waals surface area contributed by atoms with Gasteiger partial charge in [-0.3, -0.25) is 19.2 Å². The highest BCUT2D eigenvalue weighted by Gasteiger charge is 2.97. The minimum Gasteiger partial charge on any atom is -0.446 e. The molecule has 2 aliphatic heterocycles. The predicted octanol–water partition coefficient (Wildman–Crippen LogP) is 3.19. The van der Waals surface area contributed by atoms with Gasteiger partial charge >= 0.3 is 5.97 Å². The van der Waals surface area contributed by atoms with Crippen molar-refractivity contribution in [3.8, 4) is 0 Å². The molecule has 6 saturated carbocycles. The average molecular weight is 610 g/mol. The Kier molecular flexibility index (Phi) is 5.65. The van der Waals surface area contributed by atoms with E-state index in [1.165, 1.54) is 11.3 Å². The van der Waals surface area contributed by atoms with Crippen molar-refractivity contribution in [2.45, 2.75) is 88.7 Å². The van der Waals surface area contributed by atoms with Crippen molar-refractivity contribution in [3.05, 3.63) is 34.5 Å². The molecule has 230 valence electrons. The van der Waals surface area contributed by atoms with E-state index < -0.39 is 69.2 Å². The van der Waals surface area contributed by atoms with E-state index in [1.54, 1.807) is 6.07 Å². The van der Waals surface area contributed by atoms with E-state index in [1.807, 2.05) is 25.3 Å². The molecule has 3 N–H and O–H groups in total. The van der Waals surface area contributed by atoms with Crippen LogP contribution < -0.4 is 5.32 Å². The number of rotatable bonds is 4. The Balaban J connectivity index is 1.05. The second-order valence-electron chi connectivity index (χ2n) is 15.0. The van der Waals surface area contributed by atoms with Gasteiger partial charge in [-0.1, -0.05) is 26.5 Å². The molecule has 1 amide bonds. The molecule has 0 radical (unpaired) electrons.